The minimum atomic E-state index is -4.00. The number of nitrogens with one attached hydrogen (secondary N) is 2. The predicted octanol–water partition coefficient (Wildman–Crippen LogP) is 1.91. The van der Waals surface area contributed by atoms with Crippen molar-refractivity contribution in [3.63, 3.8) is 0 Å². The van der Waals surface area contributed by atoms with Crippen LogP contribution in [0.15, 0.2) is 41.3 Å². The zero-order valence-electron chi connectivity index (χ0n) is 17.3. The van der Waals surface area contributed by atoms with E-state index in [0.717, 1.165) is 12.1 Å². The van der Waals surface area contributed by atoms with Gasteiger partial charge in [0, 0.05) is 43.9 Å². The third-order valence-electron chi connectivity index (χ3n) is 4.92. The Hall–Kier alpha value is -3.09. The molecule has 10 nitrogen and oxygen atoms in total. The largest absolute Gasteiger partial charge is 0.382 e. The van der Waals surface area contributed by atoms with Crippen molar-refractivity contribution in [3.8, 4) is 0 Å². The van der Waals surface area contributed by atoms with Gasteiger partial charge in [0.25, 0.3) is 11.6 Å². The van der Waals surface area contributed by atoms with Crippen molar-refractivity contribution in [2.24, 2.45) is 0 Å². The fraction of sp³-hybridized carbons (Fsp3) is 0.350. The van der Waals surface area contributed by atoms with Crippen molar-refractivity contribution in [2.45, 2.75) is 11.8 Å². The maximum atomic E-state index is 13.6. The highest BCUT2D eigenvalue weighted by molar-refractivity contribution is 7.89. The molecule has 0 aliphatic carbocycles. The van der Waals surface area contributed by atoms with E-state index >= 15 is 0 Å². The fourth-order valence-electron chi connectivity index (χ4n) is 3.12. The first-order valence-corrected chi connectivity index (χ1v) is 11.3. The summed E-state index contributed by atoms with van der Waals surface area (Å²) in [5.74, 6) is -0.963. The van der Waals surface area contributed by atoms with Crippen molar-refractivity contribution in [1.29, 1.82) is 0 Å². The molecule has 172 valence electrons. The number of carbonyl (C=O) groups is 1. The molecule has 0 aromatic heterocycles. The van der Waals surface area contributed by atoms with E-state index in [2.05, 4.69) is 10.6 Å². The first-order chi connectivity index (χ1) is 15.2. The lowest BCUT2D eigenvalue weighted by atomic mass is 10.1. The van der Waals surface area contributed by atoms with Gasteiger partial charge in [0.1, 0.15) is 10.7 Å². The number of benzene rings is 2. The molecule has 1 heterocycles. The van der Waals surface area contributed by atoms with E-state index in [-0.39, 0.29) is 61.2 Å². The Morgan fingerprint density at radius 3 is 2.56 bits per heavy atom. The lowest BCUT2D eigenvalue weighted by Crippen LogP contribution is -2.41. The van der Waals surface area contributed by atoms with E-state index in [1.54, 1.807) is 6.92 Å². The average molecular weight is 466 g/mol. The molecule has 1 aliphatic heterocycles. The summed E-state index contributed by atoms with van der Waals surface area (Å²) < 4.78 is 46.2. The highest BCUT2D eigenvalue weighted by Crippen LogP contribution is 2.29. The second-order valence-electron chi connectivity index (χ2n) is 7.10. The monoisotopic (exact) mass is 466 g/mol. The Morgan fingerprint density at radius 2 is 1.91 bits per heavy atom. The van der Waals surface area contributed by atoms with Crippen molar-refractivity contribution in [2.75, 3.05) is 44.7 Å². The number of morpholine rings is 1. The molecule has 1 saturated heterocycles. The molecule has 0 spiro atoms. The summed E-state index contributed by atoms with van der Waals surface area (Å²) in [5.41, 5.74) is 0.421. The van der Waals surface area contributed by atoms with Gasteiger partial charge in [-0.05, 0) is 30.7 Å². The van der Waals surface area contributed by atoms with Crippen LogP contribution in [-0.4, -0.2) is 62.9 Å². The van der Waals surface area contributed by atoms with Gasteiger partial charge in [-0.1, -0.05) is 6.07 Å². The van der Waals surface area contributed by atoms with Gasteiger partial charge in [0.15, 0.2) is 0 Å². The van der Waals surface area contributed by atoms with Crippen molar-refractivity contribution >= 4 is 27.3 Å². The number of anilines is 1. The van der Waals surface area contributed by atoms with Gasteiger partial charge in [-0.25, -0.2) is 12.8 Å². The number of hydrogen-bond donors (Lipinski definition) is 2. The molecular formula is C20H23FN4O6S. The van der Waals surface area contributed by atoms with Gasteiger partial charge < -0.3 is 15.4 Å². The first kappa shape index (κ1) is 23.6. The predicted molar refractivity (Wildman–Crippen MR) is 115 cm³/mol. The summed E-state index contributed by atoms with van der Waals surface area (Å²) in [6.45, 7) is 2.62. The molecule has 1 amide bonds. The van der Waals surface area contributed by atoms with Gasteiger partial charge >= 0.3 is 0 Å². The van der Waals surface area contributed by atoms with Crippen LogP contribution >= 0.6 is 0 Å². The molecule has 2 N–H and O–H groups in total. The van der Waals surface area contributed by atoms with Crippen molar-refractivity contribution < 1.29 is 27.3 Å². The van der Waals surface area contributed by atoms with E-state index < -0.39 is 26.7 Å². The number of sulfonamides is 1. The summed E-state index contributed by atoms with van der Waals surface area (Å²) in [6, 6.07) is 7.69. The van der Waals surface area contributed by atoms with Crippen LogP contribution in [0.25, 0.3) is 0 Å². The maximum Gasteiger partial charge on any atom is 0.270 e. The Kier molecular flexibility index (Phi) is 7.38. The number of carbonyl (C=O) groups excluding carboxylic acids is 1. The van der Waals surface area contributed by atoms with Crippen LogP contribution in [0.3, 0.4) is 0 Å². The van der Waals surface area contributed by atoms with Crippen molar-refractivity contribution in [1.82, 2.24) is 9.62 Å². The quantitative estimate of drug-likeness (QED) is 0.345. The third-order valence-corrected chi connectivity index (χ3v) is 6.86. The number of hydrogen-bond acceptors (Lipinski definition) is 7. The minimum Gasteiger partial charge on any atom is -0.382 e. The van der Waals surface area contributed by atoms with Gasteiger partial charge in [-0.2, -0.15) is 4.31 Å². The van der Waals surface area contributed by atoms with Gasteiger partial charge in [0.05, 0.1) is 23.8 Å². The third kappa shape index (κ3) is 5.39. The molecule has 0 atom stereocenters. The number of nitrogens with zero attached hydrogens (tertiary/aromatic N) is 2. The smallest absolute Gasteiger partial charge is 0.270 e. The number of nitro groups is 1. The molecule has 1 aliphatic rings. The standard InChI is InChI=1S/C20H23FN4O6S/c1-14-2-3-15(12-17(14)21)20(26)23-7-6-22-18-5-4-16(25(27)28)13-19(18)32(29,30)24-8-10-31-11-9-24/h2-5,12-13,22H,6-11H2,1H3,(H,23,26). The summed E-state index contributed by atoms with van der Waals surface area (Å²) in [7, 11) is -4.00. The average Bonchev–Trinajstić information content (AvgIpc) is 2.78. The van der Waals surface area contributed by atoms with E-state index in [1.807, 2.05) is 0 Å². The number of nitro benzene ring substituents is 1. The Morgan fingerprint density at radius 1 is 1.19 bits per heavy atom. The van der Waals surface area contributed by atoms with E-state index in [1.165, 1.54) is 28.6 Å². The zero-order chi connectivity index (χ0) is 23.3. The lowest BCUT2D eigenvalue weighted by molar-refractivity contribution is -0.385. The number of halogens is 1. The molecule has 1 fully saturated rings. The fourth-order valence-corrected chi connectivity index (χ4v) is 4.72. The van der Waals surface area contributed by atoms with Crippen molar-refractivity contribution in [3.05, 3.63) is 63.5 Å². The molecule has 12 heteroatoms. The van der Waals surface area contributed by atoms with Crippen LogP contribution in [0.2, 0.25) is 0 Å². The van der Waals surface area contributed by atoms with Crippen LogP contribution < -0.4 is 10.6 Å². The molecule has 2 aromatic rings. The highest BCUT2D eigenvalue weighted by Gasteiger charge is 2.30. The Bertz CT molecular complexity index is 1120. The molecular weight excluding hydrogens is 443 g/mol. The second-order valence-corrected chi connectivity index (χ2v) is 9.01. The van der Waals surface area contributed by atoms with E-state index in [0.29, 0.717) is 5.56 Å². The summed E-state index contributed by atoms with van der Waals surface area (Å²) in [4.78, 5) is 22.5. The Balaban J connectivity index is 1.71. The molecule has 0 unspecified atom stereocenters. The summed E-state index contributed by atoms with van der Waals surface area (Å²) in [5, 5.41) is 16.7. The molecule has 0 saturated carbocycles. The number of ether oxygens (including phenoxy) is 1. The summed E-state index contributed by atoms with van der Waals surface area (Å²) in [6.07, 6.45) is 0. The molecule has 0 bridgehead atoms. The van der Waals surface area contributed by atoms with Crippen LogP contribution in [-0.2, 0) is 14.8 Å². The molecule has 3 rings (SSSR count). The van der Waals surface area contributed by atoms with Crippen LogP contribution in [0.5, 0.6) is 0 Å². The van der Waals surface area contributed by atoms with Gasteiger partial charge in [0.2, 0.25) is 10.0 Å². The zero-order valence-corrected chi connectivity index (χ0v) is 18.2. The SMILES string of the molecule is Cc1ccc(C(=O)NCCNc2ccc([N+](=O)[O-])cc2S(=O)(=O)N2CCOCC2)cc1F. The van der Waals surface area contributed by atoms with E-state index in [9.17, 15) is 27.7 Å². The molecule has 0 radical (unpaired) electrons. The Labute approximate surface area is 184 Å². The van der Waals surface area contributed by atoms with Crippen LogP contribution in [0.1, 0.15) is 15.9 Å². The topological polar surface area (TPSA) is 131 Å². The van der Waals surface area contributed by atoms with Crippen LogP contribution in [0, 0.1) is 22.9 Å². The highest BCUT2D eigenvalue weighted by atomic mass is 32.2. The number of rotatable bonds is 8. The van der Waals surface area contributed by atoms with Gasteiger partial charge in [-0.3, -0.25) is 14.9 Å². The first-order valence-electron chi connectivity index (χ1n) is 9.84. The maximum absolute atomic E-state index is 13.6. The molecule has 32 heavy (non-hydrogen) atoms. The van der Waals surface area contributed by atoms with Crippen LogP contribution in [0.4, 0.5) is 15.8 Å². The summed E-state index contributed by atoms with van der Waals surface area (Å²) >= 11 is 0. The van der Waals surface area contributed by atoms with Gasteiger partial charge in [-0.15, -0.1) is 0 Å². The number of amides is 1. The number of non-ortho nitro benzene ring substituents is 1. The minimum absolute atomic E-state index is 0.113. The molecule has 2 aromatic carbocycles. The van der Waals surface area contributed by atoms with E-state index in [4.69, 9.17) is 4.74 Å². The lowest BCUT2D eigenvalue weighted by Gasteiger charge is -2.27. The number of aryl methyl sites for hydroxylation is 1. The normalized spacial score (nSPS) is 14.7. The second kappa shape index (κ2) is 10.0.